The minimum Gasteiger partial charge on any atom is -0.489 e. The summed E-state index contributed by atoms with van der Waals surface area (Å²) in [5.41, 5.74) is 5.99. The van der Waals surface area contributed by atoms with Crippen LogP contribution in [0, 0.1) is 17.6 Å². The van der Waals surface area contributed by atoms with Crippen molar-refractivity contribution in [1.29, 1.82) is 0 Å². The molecule has 0 spiro atoms. The highest BCUT2D eigenvalue weighted by Crippen LogP contribution is 2.27. The van der Waals surface area contributed by atoms with Crippen LogP contribution in [0.5, 0.6) is 5.75 Å². The first-order chi connectivity index (χ1) is 8.16. The SMILES string of the molecule is NC(COc1ccc(F)cc1F)C1CCCC1. The van der Waals surface area contributed by atoms with Crippen LogP contribution in [0.1, 0.15) is 25.7 Å². The molecular formula is C13H17F2NO. The Morgan fingerprint density at radius 3 is 2.65 bits per heavy atom. The summed E-state index contributed by atoms with van der Waals surface area (Å²) in [6, 6.07) is 3.23. The van der Waals surface area contributed by atoms with Crippen LogP contribution >= 0.6 is 0 Å². The second kappa shape index (κ2) is 5.45. The Labute approximate surface area is 99.8 Å². The highest BCUT2D eigenvalue weighted by molar-refractivity contribution is 5.24. The second-order valence-corrected chi connectivity index (χ2v) is 4.59. The van der Waals surface area contributed by atoms with Crippen LogP contribution in [0.25, 0.3) is 0 Å². The number of hydrogen-bond donors (Lipinski definition) is 1. The van der Waals surface area contributed by atoms with Gasteiger partial charge in [0.25, 0.3) is 0 Å². The van der Waals surface area contributed by atoms with Gasteiger partial charge in [0.1, 0.15) is 12.4 Å². The first kappa shape index (κ1) is 12.3. The summed E-state index contributed by atoms with van der Waals surface area (Å²) < 4.78 is 31.2. The van der Waals surface area contributed by atoms with Crippen molar-refractivity contribution >= 4 is 0 Å². The molecule has 1 unspecified atom stereocenters. The molecule has 2 nitrogen and oxygen atoms in total. The Balaban J connectivity index is 1.88. The summed E-state index contributed by atoms with van der Waals surface area (Å²) in [6.07, 6.45) is 4.67. The second-order valence-electron chi connectivity index (χ2n) is 4.59. The fraction of sp³-hybridized carbons (Fsp3) is 0.538. The zero-order valence-electron chi connectivity index (χ0n) is 9.66. The lowest BCUT2D eigenvalue weighted by atomic mass is 10.00. The van der Waals surface area contributed by atoms with Crippen LogP contribution in [-0.4, -0.2) is 12.6 Å². The summed E-state index contributed by atoms with van der Waals surface area (Å²) in [6.45, 7) is 0.285. The zero-order chi connectivity index (χ0) is 12.3. The molecule has 1 aliphatic carbocycles. The van der Waals surface area contributed by atoms with Crippen LogP contribution in [0.3, 0.4) is 0 Å². The van der Waals surface area contributed by atoms with Crippen LogP contribution in [0.2, 0.25) is 0 Å². The molecule has 2 rings (SSSR count). The van der Waals surface area contributed by atoms with Gasteiger partial charge < -0.3 is 10.5 Å². The van der Waals surface area contributed by atoms with Crippen molar-refractivity contribution in [2.24, 2.45) is 11.7 Å². The lowest BCUT2D eigenvalue weighted by Crippen LogP contribution is -2.34. The zero-order valence-corrected chi connectivity index (χ0v) is 9.66. The van der Waals surface area contributed by atoms with E-state index in [0.717, 1.165) is 18.9 Å². The molecular weight excluding hydrogens is 224 g/mol. The van der Waals surface area contributed by atoms with Crippen molar-refractivity contribution in [3.63, 3.8) is 0 Å². The number of hydrogen-bond acceptors (Lipinski definition) is 2. The number of ether oxygens (including phenoxy) is 1. The predicted octanol–water partition coefficient (Wildman–Crippen LogP) is 2.86. The van der Waals surface area contributed by atoms with Crippen molar-refractivity contribution in [3.8, 4) is 5.75 Å². The van der Waals surface area contributed by atoms with Crippen molar-refractivity contribution < 1.29 is 13.5 Å². The third-order valence-corrected chi connectivity index (χ3v) is 3.33. The molecule has 4 heteroatoms. The van der Waals surface area contributed by atoms with E-state index >= 15 is 0 Å². The van der Waals surface area contributed by atoms with Crippen LogP contribution in [0.15, 0.2) is 18.2 Å². The van der Waals surface area contributed by atoms with Crippen molar-refractivity contribution in [2.75, 3.05) is 6.61 Å². The van der Waals surface area contributed by atoms with Crippen LogP contribution in [0.4, 0.5) is 8.78 Å². The minimum atomic E-state index is -0.677. The summed E-state index contributed by atoms with van der Waals surface area (Å²) in [7, 11) is 0. The van der Waals surface area contributed by atoms with Gasteiger partial charge in [-0.05, 0) is 30.9 Å². The predicted molar refractivity (Wildman–Crippen MR) is 61.8 cm³/mol. The van der Waals surface area contributed by atoms with Crippen molar-refractivity contribution in [1.82, 2.24) is 0 Å². The molecule has 1 aliphatic rings. The molecule has 0 bridgehead atoms. The van der Waals surface area contributed by atoms with Crippen LogP contribution < -0.4 is 10.5 Å². The molecule has 0 heterocycles. The number of rotatable bonds is 4. The smallest absolute Gasteiger partial charge is 0.167 e. The van der Waals surface area contributed by atoms with Gasteiger partial charge >= 0.3 is 0 Å². The molecule has 0 aliphatic heterocycles. The number of benzene rings is 1. The summed E-state index contributed by atoms with van der Waals surface area (Å²) >= 11 is 0. The van der Waals surface area contributed by atoms with Gasteiger partial charge in [-0.2, -0.15) is 0 Å². The van der Waals surface area contributed by atoms with Crippen LogP contribution in [-0.2, 0) is 0 Å². The van der Waals surface area contributed by atoms with Gasteiger partial charge in [0.15, 0.2) is 11.6 Å². The Morgan fingerprint density at radius 2 is 2.00 bits per heavy atom. The molecule has 17 heavy (non-hydrogen) atoms. The lowest BCUT2D eigenvalue weighted by molar-refractivity contribution is 0.238. The maximum atomic E-state index is 13.3. The Morgan fingerprint density at radius 1 is 1.29 bits per heavy atom. The Kier molecular flexibility index (Phi) is 3.94. The quantitative estimate of drug-likeness (QED) is 0.879. The van der Waals surface area contributed by atoms with E-state index in [-0.39, 0.29) is 18.4 Å². The van der Waals surface area contributed by atoms with Gasteiger partial charge in [-0.3, -0.25) is 0 Å². The first-order valence-corrected chi connectivity index (χ1v) is 6.00. The molecule has 1 fully saturated rings. The molecule has 0 amide bonds. The fourth-order valence-electron chi connectivity index (χ4n) is 2.30. The fourth-order valence-corrected chi connectivity index (χ4v) is 2.30. The largest absolute Gasteiger partial charge is 0.489 e. The highest BCUT2D eigenvalue weighted by atomic mass is 19.1. The summed E-state index contributed by atoms with van der Waals surface area (Å²) in [4.78, 5) is 0. The monoisotopic (exact) mass is 241 g/mol. The molecule has 94 valence electrons. The van der Waals surface area contributed by atoms with Gasteiger partial charge in [-0.15, -0.1) is 0 Å². The maximum Gasteiger partial charge on any atom is 0.167 e. The van der Waals surface area contributed by atoms with Gasteiger partial charge in [0, 0.05) is 12.1 Å². The third kappa shape index (κ3) is 3.16. The van der Waals surface area contributed by atoms with E-state index in [4.69, 9.17) is 10.5 Å². The van der Waals surface area contributed by atoms with Gasteiger partial charge in [0.05, 0.1) is 0 Å². The molecule has 1 aromatic rings. The summed E-state index contributed by atoms with van der Waals surface area (Å²) in [5, 5.41) is 0. The van der Waals surface area contributed by atoms with Gasteiger partial charge in [-0.1, -0.05) is 12.8 Å². The molecule has 0 radical (unpaired) electrons. The highest BCUT2D eigenvalue weighted by Gasteiger charge is 2.22. The first-order valence-electron chi connectivity index (χ1n) is 6.00. The normalized spacial score (nSPS) is 18.3. The van der Waals surface area contributed by atoms with Crippen molar-refractivity contribution in [2.45, 2.75) is 31.7 Å². The maximum absolute atomic E-state index is 13.3. The topological polar surface area (TPSA) is 35.2 Å². The van der Waals surface area contributed by atoms with E-state index in [9.17, 15) is 8.78 Å². The Hall–Kier alpha value is -1.16. The lowest BCUT2D eigenvalue weighted by Gasteiger charge is -2.19. The molecule has 1 aromatic carbocycles. The molecule has 1 saturated carbocycles. The van der Waals surface area contributed by atoms with E-state index in [0.29, 0.717) is 5.92 Å². The van der Waals surface area contributed by atoms with E-state index in [1.54, 1.807) is 0 Å². The van der Waals surface area contributed by atoms with Gasteiger partial charge in [0.2, 0.25) is 0 Å². The third-order valence-electron chi connectivity index (χ3n) is 3.33. The van der Waals surface area contributed by atoms with Crippen molar-refractivity contribution in [3.05, 3.63) is 29.8 Å². The average molecular weight is 241 g/mol. The van der Waals surface area contributed by atoms with E-state index < -0.39 is 11.6 Å². The van der Waals surface area contributed by atoms with E-state index in [2.05, 4.69) is 0 Å². The molecule has 1 atom stereocenters. The minimum absolute atomic E-state index is 0.0676. The number of nitrogens with two attached hydrogens (primary N) is 1. The summed E-state index contributed by atoms with van der Waals surface area (Å²) in [5.74, 6) is -0.739. The number of halogens is 2. The average Bonchev–Trinajstić information content (AvgIpc) is 2.81. The Bertz CT molecular complexity index is 378. The van der Waals surface area contributed by atoms with E-state index in [1.807, 2.05) is 0 Å². The standard InChI is InChI=1S/C13H17F2NO/c14-10-5-6-13(11(15)7-10)17-8-12(16)9-3-1-2-4-9/h5-7,9,12H,1-4,8,16H2. The molecule has 0 saturated heterocycles. The van der Waals surface area contributed by atoms with E-state index in [1.165, 1.54) is 25.0 Å². The molecule has 2 N–H and O–H groups in total. The molecule has 0 aromatic heterocycles. The van der Waals surface area contributed by atoms with Gasteiger partial charge in [-0.25, -0.2) is 8.78 Å².